The Labute approximate surface area is 178 Å². The molecule has 0 spiro atoms. The smallest absolute Gasteiger partial charge is 0.344 e. The quantitative estimate of drug-likeness (QED) is 0.302. The highest BCUT2D eigenvalue weighted by atomic mass is 35.5. The van der Waals surface area contributed by atoms with E-state index < -0.39 is 18.5 Å². The Balaban J connectivity index is 1.92. The molecule has 0 saturated heterocycles. The molecule has 2 aromatic carbocycles. The van der Waals surface area contributed by atoms with Crippen molar-refractivity contribution >= 4 is 58.1 Å². The average Bonchev–Trinajstić information content (AvgIpc) is 2.68. The van der Waals surface area contributed by atoms with E-state index in [0.717, 1.165) is 6.42 Å². The van der Waals surface area contributed by atoms with Crippen LogP contribution in [0.15, 0.2) is 42.5 Å². The normalized spacial score (nSPS) is 10.4. The Hall–Kier alpha value is -1.95. The van der Waals surface area contributed by atoms with E-state index in [1.54, 1.807) is 36.4 Å². The monoisotopic (exact) mass is 443 g/mol. The van der Waals surface area contributed by atoms with Crippen molar-refractivity contribution in [3.63, 3.8) is 0 Å². The van der Waals surface area contributed by atoms with Crippen LogP contribution in [0.4, 0.5) is 11.4 Å². The summed E-state index contributed by atoms with van der Waals surface area (Å²) in [7, 11) is 0. The maximum absolute atomic E-state index is 12.1. The van der Waals surface area contributed by atoms with Crippen molar-refractivity contribution in [3.8, 4) is 0 Å². The van der Waals surface area contributed by atoms with Gasteiger partial charge in [0.25, 0.3) is 0 Å². The number of benzene rings is 2. The Morgan fingerprint density at radius 3 is 2.32 bits per heavy atom. The van der Waals surface area contributed by atoms with Crippen LogP contribution in [0.5, 0.6) is 0 Å². The van der Waals surface area contributed by atoms with Crippen molar-refractivity contribution in [2.24, 2.45) is 0 Å². The molecule has 0 atom stereocenters. The van der Waals surface area contributed by atoms with E-state index in [-0.39, 0.29) is 13.0 Å². The number of hydrogen-bond donors (Lipinski definition) is 1. The minimum Gasteiger partial charge on any atom is -0.463 e. The second-order valence-corrected chi connectivity index (χ2v) is 7.03. The summed E-state index contributed by atoms with van der Waals surface area (Å²) in [5.41, 5.74) is 1.89. The molecule has 0 aliphatic rings. The van der Waals surface area contributed by atoms with Gasteiger partial charge in [-0.2, -0.15) is 0 Å². The number of carbonyl (C=O) groups is 2. The third-order valence-electron chi connectivity index (χ3n) is 3.72. The van der Waals surface area contributed by atoms with Gasteiger partial charge >= 0.3 is 11.9 Å². The van der Waals surface area contributed by atoms with E-state index in [0.29, 0.717) is 39.3 Å². The number of halogens is 3. The maximum atomic E-state index is 12.1. The molecule has 0 bridgehead atoms. The summed E-state index contributed by atoms with van der Waals surface area (Å²) in [6, 6.07) is 12.4. The summed E-state index contributed by atoms with van der Waals surface area (Å²) in [6.07, 6.45) is 1.41. The van der Waals surface area contributed by atoms with E-state index in [2.05, 4.69) is 5.32 Å². The van der Waals surface area contributed by atoms with Gasteiger partial charge < -0.3 is 14.8 Å². The third-order valence-corrected chi connectivity index (χ3v) is 4.61. The van der Waals surface area contributed by atoms with E-state index >= 15 is 0 Å². The van der Waals surface area contributed by atoms with Crippen LogP contribution in [-0.2, 0) is 25.5 Å². The number of nitrogens with one attached hydrogen (secondary N) is 1. The molecular formula is C20H20Cl3NO4. The number of rotatable bonds is 10. The van der Waals surface area contributed by atoms with Crippen LogP contribution in [-0.4, -0.2) is 31.0 Å². The number of hydrogen-bond acceptors (Lipinski definition) is 5. The van der Waals surface area contributed by atoms with Crippen LogP contribution < -0.4 is 5.32 Å². The van der Waals surface area contributed by atoms with Gasteiger partial charge in [-0.25, -0.2) is 4.79 Å². The van der Waals surface area contributed by atoms with Crippen LogP contribution in [0.3, 0.4) is 0 Å². The summed E-state index contributed by atoms with van der Waals surface area (Å²) in [5.74, 6) is -0.617. The zero-order valence-corrected chi connectivity index (χ0v) is 17.3. The lowest BCUT2D eigenvalue weighted by Gasteiger charge is -2.14. The Bertz CT molecular complexity index is 794. The van der Waals surface area contributed by atoms with E-state index in [9.17, 15) is 9.59 Å². The largest absolute Gasteiger partial charge is 0.463 e. The van der Waals surface area contributed by atoms with Crippen LogP contribution in [0.25, 0.3) is 0 Å². The van der Waals surface area contributed by atoms with E-state index in [4.69, 9.17) is 44.3 Å². The standard InChI is InChI=1S/C20H20Cl3NO4/c21-10-3-4-11-27-19(26)13-28-18(25)12-14-6-1-2-9-17(14)24-20-15(22)7-5-8-16(20)23/h1-2,5-9,24H,3-4,10-13H2. The Morgan fingerprint density at radius 1 is 0.893 bits per heavy atom. The number of alkyl halides is 1. The van der Waals surface area contributed by atoms with Gasteiger partial charge in [-0.15, -0.1) is 11.6 Å². The summed E-state index contributed by atoms with van der Waals surface area (Å²) >= 11 is 17.9. The molecule has 0 aromatic heterocycles. The number of ether oxygens (including phenoxy) is 2. The first-order valence-electron chi connectivity index (χ1n) is 8.67. The van der Waals surface area contributed by atoms with Crippen molar-refractivity contribution in [1.82, 2.24) is 0 Å². The average molecular weight is 445 g/mol. The van der Waals surface area contributed by atoms with Gasteiger partial charge in [-0.05, 0) is 36.6 Å². The van der Waals surface area contributed by atoms with Crippen LogP contribution in [0.1, 0.15) is 18.4 Å². The lowest BCUT2D eigenvalue weighted by Crippen LogP contribution is -2.18. The van der Waals surface area contributed by atoms with E-state index in [1.807, 2.05) is 6.07 Å². The second kappa shape index (κ2) is 11.8. The summed E-state index contributed by atoms with van der Waals surface area (Å²) in [4.78, 5) is 23.7. The molecule has 0 aliphatic heterocycles. The van der Waals surface area contributed by atoms with Gasteiger partial charge in [0, 0.05) is 11.6 Å². The molecule has 0 radical (unpaired) electrons. The first-order chi connectivity index (χ1) is 13.5. The van der Waals surface area contributed by atoms with Crippen LogP contribution >= 0.6 is 34.8 Å². The number of anilines is 2. The van der Waals surface area contributed by atoms with Crippen molar-refractivity contribution in [2.75, 3.05) is 24.4 Å². The first kappa shape index (κ1) is 22.3. The molecule has 0 heterocycles. The molecule has 0 saturated carbocycles. The zero-order valence-electron chi connectivity index (χ0n) is 15.1. The van der Waals surface area contributed by atoms with Crippen molar-refractivity contribution in [3.05, 3.63) is 58.1 Å². The topological polar surface area (TPSA) is 64.6 Å². The van der Waals surface area contributed by atoms with Gasteiger partial charge in [0.1, 0.15) is 0 Å². The molecule has 2 rings (SSSR count). The molecule has 28 heavy (non-hydrogen) atoms. The first-order valence-corrected chi connectivity index (χ1v) is 9.96. The van der Waals surface area contributed by atoms with Crippen molar-refractivity contribution in [1.29, 1.82) is 0 Å². The third kappa shape index (κ3) is 7.23. The molecule has 2 aromatic rings. The fraction of sp³-hybridized carbons (Fsp3) is 0.300. The summed E-state index contributed by atoms with van der Waals surface area (Å²) < 4.78 is 9.96. The highest BCUT2D eigenvalue weighted by molar-refractivity contribution is 6.39. The van der Waals surface area contributed by atoms with Gasteiger partial charge in [0.05, 0.1) is 28.8 Å². The molecule has 0 amide bonds. The van der Waals surface area contributed by atoms with Gasteiger partial charge in [-0.3, -0.25) is 4.79 Å². The maximum Gasteiger partial charge on any atom is 0.344 e. The summed E-state index contributed by atoms with van der Waals surface area (Å²) in [6.45, 7) is -0.167. The number of esters is 2. The SMILES string of the molecule is O=C(COC(=O)Cc1ccccc1Nc1c(Cl)cccc1Cl)OCCCCCl. The molecule has 8 heteroatoms. The minimum atomic E-state index is -0.586. The minimum absolute atomic E-state index is 0.0230. The van der Waals surface area contributed by atoms with Crippen LogP contribution in [0.2, 0.25) is 10.0 Å². The lowest BCUT2D eigenvalue weighted by molar-refractivity contribution is -0.158. The fourth-order valence-electron chi connectivity index (χ4n) is 2.32. The molecule has 5 nitrogen and oxygen atoms in total. The van der Waals surface area contributed by atoms with E-state index in [1.165, 1.54) is 0 Å². The Morgan fingerprint density at radius 2 is 1.61 bits per heavy atom. The van der Waals surface area contributed by atoms with Crippen molar-refractivity contribution < 1.29 is 19.1 Å². The van der Waals surface area contributed by atoms with Crippen molar-refractivity contribution in [2.45, 2.75) is 19.3 Å². The molecule has 0 unspecified atom stereocenters. The molecular weight excluding hydrogens is 425 g/mol. The highest BCUT2D eigenvalue weighted by Gasteiger charge is 2.13. The Kier molecular flexibility index (Phi) is 9.41. The molecule has 0 aliphatic carbocycles. The zero-order chi connectivity index (χ0) is 20.4. The van der Waals surface area contributed by atoms with Crippen LogP contribution in [0, 0.1) is 0 Å². The van der Waals surface area contributed by atoms with Gasteiger partial charge in [0.2, 0.25) is 0 Å². The van der Waals surface area contributed by atoms with Gasteiger partial charge in [0.15, 0.2) is 6.61 Å². The highest BCUT2D eigenvalue weighted by Crippen LogP contribution is 2.33. The van der Waals surface area contributed by atoms with Gasteiger partial charge in [-0.1, -0.05) is 47.5 Å². The number of carbonyl (C=O) groups excluding carboxylic acids is 2. The second-order valence-electron chi connectivity index (χ2n) is 5.83. The molecule has 0 fully saturated rings. The number of unbranched alkanes of at least 4 members (excludes halogenated alkanes) is 1. The fourth-order valence-corrected chi connectivity index (χ4v) is 3.00. The molecule has 150 valence electrons. The predicted octanol–water partition coefficient (Wildman–Crippen LogP) is 5.38. The predicted molar refractivity (Wildman–Crippen MR) is 112 cm³/mol. The molecule has 1 N–H and O–H groups in total. The number of para-hydroxylation sites is 2. The lowest BCUT2D eigenvalue weighted by atomic mass is 10.1. The summed E-state index contributed by atoms with van der Waals surface area (Å²) in [5, 5.41) is 4.07.